The van der Waals surface area contributed by atoms with E-state index in [0.717, 1.165) is 0 Å². The molecule has 1 heterocycles. The monoisotopic (exact) mass is 356 g/mol. The molecule has 1 aliphatic heterocycles. The fraction of sp³-hybridized carbons (Fsp3) is 1.00. The third-order valence-corrected chi connectivity index (χ3v) is 5.20. The quantitative estimate of drug-likeness (QED) is 0.262. The highest BCUT2D eigenvalue weighted by Gasteiger charge is 2.42. The fourth-order valence-corrected chi connectivity index (χ4v) is 4.21. The summed E-state index contributed by atoms with van der Waals surface area (Å²) < 4.78 is 17.9. The van der Waals surface area contributed by atoms with Gasteiger partial charge in [0.25, 0.3) is 0 Å². The van der Waals surface area contributed by atoms with Crippen molar-refractivity contribution in [3.05, 3.63) is 30.3 Å². The molecule has 0 aromatic heterocycles. The van der Waals surface area contributed by atoms with Gasteiger partial charge in [0.05, 0.1) is 0 Å². The first-order valence-electron chi connectivity index (χ1n) is 6.51. The number of hydrogen-bond acceptors (Lipinski definition) is 8. The van der Waals surface area contributed by atoms with Crippen LogP contribution >= 0.6 is 7.14 Å². The molecule has 15 heteroatoms. The Bertz CT molecular complexity index is 487. The van der Waals surface area contributed by atoms with Gasteiger partial charge in [-0.15, -0.1) is 0 Å². The number of rotatable bonds is 7. The Morgan fingerprint density at radius 3 is 1.74 bits per heavy atom. The van der Waals surface area contributed by atoms with Crippen molar-refractivity contribution in [3.8, 4) is 0 Å². The molecule has 132 valence electrons. The van der Waals surface area contributed by atoms with Crippen molar-refractivity contribution < 1.29 is 24.4 Å². The van der Waals surface area contributed by atoms with E-state index in [1.54, 1.807) is 6.92 Å². The van der Waals surface area contributed by atoms with Gasteiger partial charge >= 0.3 is 0 Å². The van der Waals surface area contributed by atoms with Crippen LogP contribution in [0.2, 0.25) is 0 Å². The minimum Gasteiger partial charge on any atom is -0.374 e. The Morgan fingerprint density at radius 2 is 1.39 bits per heavy atom. The van der Waals surface area contributed by atoms with Crippen molar-refractivity contribution in [1.82, 2.24) is 15.0 Å². The Kier molecular flexibility index (Phi) is 6.45. The Balaban J connectivity index is 3.04. The molecule has 0 bridgehead atoms. The van der Waals surface area contributed by atoms with Crippen LogP contribution in [0.3, 0.4) is 0 Å². The van der Waals surface area contributed by atoms with Crippen LogP contribution in [-0.4, -0.2) is 69.0 Å². The number of ether oxygens (including phenoxy) is 1. The van der Waals surface area contributed by atoms with E-state index in [9.17, 15) is 34.9 Å². The normalized spacial score (nSPS) is 18.2. The molecule has 0 radical (unpaired) electrons. The molecule has 0 aliphatic carbocycles. The maximum atomic E-state index is 12.8. The van der Waals surface area contributed by atoms with Crippen LogP contribution in [0.5, 0.6) is 0 Å². The van der Waals surface area contributed by atoms with Crippen molar-refractivity contribution in [2.75, 3.05) is 38.9 Å². The molecule has 1 aliphatic rings. The Hall–Kier alpha value is -2.21. The van der Waals surface area contributed by atoms with Gasteiger partial charge in [-0.3, -0.25) is 0 Å². The molecule has 0 atom stereocenters. The minimum atomic E-state index is -3.49. The van der Waals surface area contributed by atoms with E-state index in [2.05, 4.69) is 0 Å². The van der Waals surface area contributed by atoms with Crippen LogP contribution in [0.25, 0.3) is 0 Å². The molecule has 0 saturated carbocycles. The molecule has 0 N–H and O–H groups in total. The zero-order valence-electron chi connectivity index (χ0n) is 12.3. The number of nitro groups is 3. The van der Waals surface area contributed by atoms with E-state index in [4.69, 9.17) is 4.74 Å². The third-order valence-electron chi connectivity index (χ3n) is 2.86. The van der Waals surface area contributed by atoms with Gasteiger partial charge in [0, 0.05) is 6.61 Å². The third kappa shape index (κ3) is 5.49. The predicted molar refractivity (Wildman–Crippen MR) is 74.7 cm³/mol. The van der Waals surface area contributed by atoms with Crippen LogP contribution in [0.1, 0.15) is 13.3 Å². The van der Waals surface area contributed by atoms with Crippen molar-refractivity contribution >= 4 is 7.14 Å². The molecular weight excluding hydrogens is 339 g/mol. The van der Waals surface area contributed by atoms with Crippen LogP contribution in [0.15, 0.2) is 0 Å². The summed E-state index contributed by atoms with van der Waals surface area (Å²) in [6.07, 6.45) is -1.06. The molecule has 0 amide bonds. The lowest BCUT2D eigenvalue weighted by atomic mass is 10.5. The molecule has 1 saturated heterocycles. The molecule has 23 heavy (non-hydrogen) atoms. The van der Waals surface area contributed by atoms with Crippen molar-refractivity contribution in [2.45, 2.75) is 13.3 Å². The Morgan fingerprint density at radius 1 is 0.957 bits per heavy atom. The second kappa shape index (κ2) is 7.87. The summed E-state index contributed by atoms with van der Waals surface area (Å²) in [6, 6.07) is 0. The molecule has 1 fully saturated rings. The van der Waals surface area contributed by atoms with Gasteiger partial charge < -0.3 is 9.30 Å². The first-order valence-corrected chi connectivity index (χ1v) is 8.77. The second-order valence-electron chi connectivity index (χ2n) is 4.89. The summed E-state index contributed by atoms with van der Waals surface area (Å²) in [5, 5.41) is 31.2. The maximum Gasteiger partial charge on any atom is 0.210 e. The van der Waals surface area contributed by atoms with Gasteiger partial charge in [-0.1, -0.05) is 22.0 Å². The summed E-state index contributed by atoms with van der Waals surface area (Å²) in [5.41, 5.74) is 0. The maximum absolute atomic E-state index is 12.8. The lowest BCUT2D eigenvalue weighted by Crippen LogP contribution is -2.53. The molecule has 0 unspecified atom stereocenters. The minimum absolute atomic E-state index is 0.252. The molecule has 14 nitrogen and oxygen atoms in total. The fourth-order valence-electron chi connectivity index (χ4n) is 1.92. The molecule has 0 aromatic rings. The zero-order valence-corrected chi connectivity index (χ0v) is 13.2. The highest BCUT2D eigenvalue weighted by molar-refractivity contribution is 7.63. The average Bonchev–Trinajstić information content (AvgIpc) is 2.42. The summed E-state index contributed by atoms with van der Waals surface area (Å²) in [5.74, 6) is 0. The van der Waals surface area contributed by atoms with Crippen molar-refractivity contribution in [3.63, 3.8) is 0 Å². The van der Waals surface area contributed by atoms with E-state index in [1.807, 2.05) is 0 Å². The van der Waals surface area contributed by atoms with E-state index >= 15 is 0 Å². The summed E-state index contributed by atoms with van der Waals surface area (Å²) in [6.45, 7) is 0.391. The SMILES string of the molecule is CCCOCP1(=O)CN([N+](=O)[O-])CN([N+](=O)[O-])CN([N+](=O)[O-])C1. The second-order valence-corrected chi connectivity index (χ2v) is 7.83. The largest absolute Gasteiger partial charge is 0.374 e. The molecule has 0 aromatic carbocycles. The summed E-state index contributed by atoms with van der Waals surface area (Å²) in [4.78, 5) is 32.9. The van der Waals surface area contributed by atoms with Crippen molar-refractivity contribution in [1.29, 1.82) is 0 Å². The lowest BCUT2D eigenvalue weighted by molar-refractivity contribution is -0.735. The van der Waals surface area contributed by atoms with E-state index in [0.29, 0.717) is 21.4 Å². The molecule has 0 spiro atoms. The summed E-state index contributed by atoms with van der Waals surface area (Å²) in [7, 11) is -3.49. The molecule has 1 rings (SSSR count). The van der Waals surface area contributed by atoms with E-state index < -0.39 is 48.1 Å². The Labute approximate surface area is 130 Å². The lowest BCUT2D eigenvalue weighted by Gasteiger charge is -2.29. The first-order chi connectivity index (χ1) is 10.7. The van der Waals surface area contributed by atoms with Crippen molar-refractivity contribution in [2.24, 2.45) is 0 Å². The predicted octanol–water partition coefficient (Wildman–Crippen LogP) is 0.0583. The van der Waals surface area contributed by atoms with Gasteiger partial charge in [-0.05, 0) is 6.42 Å². The van der Waals surface area contributed by atoms with Crippen LogP contribution < -0.4 is 0 Å². The average molecular weight is 356 g/mol. The zero-order chi connectivity index (χ0) is 17.6. The standard InChI is InChI=1S/C8H17N6O8P/c1-2-3-22-8-23(21)6-10(13(17)18)4-9(12(15)16)5-11(7-23)14(19)20/h2-8H2,1H3. The highest BCUT2D eigenvalue weighted by Crippen LogP contribution is 2.47. The number of nitrogens with zero attached hydrogens (tertiary/aromatic N) is 6. The van der Waals surface area contributed by atoms with Gasteiger partial charge in [0.2, 0.25) is 13.3 Å². The van der Waals surface area contributed by atoms with Crippen LogP contribution in [0.4, 0.5) is 0 Å². The smallest absolute Gasteiger partial charge is 0.210 e. The van der Waals surface area contributed by atoms with Gasteiger partial charge in [0.15, 0.2) is 22.2 Å². The summed E-state index contributed by atoms with van der Waals surface area (Å²) >= 11 is 0. The van der Waals surface area contributed by atoms with E-state index in [1.165, 1.54) is 0 Å². The van der Waals surface area contributed by atoms with Crippen LogP contribution in [0, 0.1) is 30.3 Å². The van der Waals surface area contributed by atoms with Gasteiger partial charge in [-0.2, -0.15) is 0 Å². The van der Waals surface area contributed by atoms with E-state index in [-0.39, 0.29) is 13.0 Å². The number of hydrogen-bond donors (Lipinski definition) is 0. The van der Waals surface area contributed by atoms with Crippen LogP contribution in [-0.2, 0) is 9.30 Å². The molecular formula is C8H17N6O8P. The topological polar surface area (TPSA) is 165 Å². The van der Waals surface area contributed by atoms with Gasteiger partial charge in [-0.25, -0.2) is 30.3 Å². The highest BCUT2D eigenvalue weighted by atomic mass is 31.2. The first kappa shape index (κ1) is 18.8. The van der Waals surface area contributed by atoms with Gasteiger partial charge in [0.1, 0.15) is 18.9 Å². The number of hydrazine groups is 3.